The second-order valence-corrected chi connectivity index (χ2v) is 10.9. The normalized spacial score (nSPS) is 12.5. The molecule has 0 spiro atoms. The van der Waals surface area contributed by atoms with E-state index in [2.05, 4.69) is 24.8 Å². The lowest BCUT2D eigenvalue weighted by Crippen LogP contribution is -2.17. The van der Waals surface area contributed by atoms with Gasteiger partial charge in [0.15, 0.2) is 16.5 Å². The zero-order valence-corrected chi connectivity index (χ0v) is 22.9. The van der Waals surface area contributed by atoms with Gasteiger partial charge in [0.25, 0.3) is 10.0 Å². The van der Waals surface area contributed by atoms with Crippen LogP contribution in [0.15, 0.2) is 53.9 Å². The first kappa shape index (κ1) is 26.5. The molecule has 0 saturated carbocycles. The van der Waals surface area contributed by atoms with Crippen molar-refractivity contribution in [2.24, 2.45) is 7.05 Å². The van der Waals surface area contributed by atoms with E-state index in [1.54, 1.807) is 37.5 Å². The largest absolute Gasteiger partial charge is 0.472 e. The Morgan fingerprint density at radius 2 is 1.77 bits per heavy atom. The van der Waals surface area contributed by atoms with E-state index in [4.69, 9.17) is 30.5 Å². The first-order valence-corrected chi connectivity index (χ1v) is 13.8. The predicted molar refractivity (Wildman–Crippen MR) is 142 cm³/mol. The molecule has 1 aliphatic rings. The van der Waals surface area contributed by atoms with Crippen molar-refractivity contribution in [1.29, 1.82) is 0 Å². The van der Waals surface area contributed by atoms with Gasteiger partial charge >= 0.3 is 6.01 Å². The molecule has 204 valence electrons. The van der Waals surface area contributed by atoms with Gasteiger partial charge in [-0.15, -0.1) is 5.10 Å². The van der Waals surface area contributed by atoms with Gasteiger partial charge in [-0.25, -0.2) is 19.6 Å². The number of pyridine rings is 1. The molecule has 12 nitrogen and oxygen atoms in total. The number of fused-ring (bicyclic) bond motifs is 1. The van der Waals surface area contributed by atoms with E-state index in [0.29, 0.717) is 27.6 Å². The third-order valence-electron chi connectivity index (χ3n) is 5.76. The van der Waals surface area contributed by atoms with Crippen LogP contribution in [0.25, 0.3) is 11.1 Å². The van der Waals surface area contributed by atoms with Gasteiger partial charge in [0.05, 0.1) is 23.0 Å². The molecule has 4 heterocycles. The average molecular weight is 573 g/mol. The third-order valence-corrected chi connectivity index (χ3v) is 7.21. The fourth-order valence-corrected chi connectivity index (χ4v) is 4.88. The Morgan fingerprint density at radius 1 is 1.03 bits per heavy atom. The Hall–Kier alpha value is -4.10. The summed E-state index contributed by atoms with van der Waals surface area (Å²) in [6.07, 6.45) is 4.40. The van der Waals surface area contributed by atoms with E-state index in [9.17, 15) is 8.42 Å². The van der Waals surface area contributed by atoms with Gasteiger partial charge in [0.1, 0.15) is 19.0 Å². The number of sulfonamides is 1. The first-order valence-electron chi connectivity index (χ1n) is 11.9. The van der Waals surface area contributed by atoms with Crippen molar-refractivity contribution in [2.75, 3.05) is 24.7 Å². The second-order valence-electron chi connectivity index (χ2n) is 8.79. The van der Waals surface area contributed by atoms with Crippen LogP contribution in [0, 0.1) is 0 Å². The molecule has 0 aliphatic carbocycles. The highest BCUT2D eigenvalue weighted by atomic mass is 35.5. The zero-order valence-electron chi connectivity index (χ0n) is 21.3. The Kier molecular flexibility index (Phi) is 7.44. The highest BCUT2D eigenvalue weighted by molar-refractivity contribution is 7.92. The van der Waals surface area contributed by atoms with Crippen LogP contribution in [0.5, 0.6) is 23.4 Å². The molecular formula is C25H25ClN6O6S. The number of ether oxygens (including phenoxy) is 4. The number of hydrogen-bond acceptors (Lipinski definition) is 10. The molecule has 3 aromatic heterocycles. The maximum atomic E-state index is 13.3. The summed E-state index contributed by atoms with van der Waals surface area (Å²) in [5.41, 5.74) is 1.93. The van der Waals surface area contributed by atoms with Gasteiger partial charge in [0.2, 0.25) is 12.7 Å². The highest BCUT2D eigenvalue weighted by Crippen LogP contribution is 2.42. The average Bonchev–Trinajstić information content (AvgIpc) is 3.51. The van der Waals surface area contributed by atoms with Gasteiger partial charge in [-0.05, 0) is 35.2 Å². The Balaban J connectivity index is 1.43. The molecule has 0 atom stereocenters. The smallest absolute Gasteiger partial charge is 0.316 e. The van der Waals surface area contributed by atoms with Crippen molar-refractivity contribution in [2.45, 2.75) is 24.8 Å². The van der Waals surface area contributed by atoms with Crippen LogP contribution < -0.4 is 23.7 Å². The number of nitrogens with one attached hydrogen (secondary N) is 1. The van der Waals surface area contributed by atoms with Gasteiger partial charge in [-0.3, -0.25) is 4.72 Å². The molecule has 39 heavy (non-hydrogen) atoms. The Bertz CT molecular complexity index is 1580. The first-order chi connectivity index (χ1) is 18.7. The summed E-state index contributed by atoms with van der Waals surface area (Å²) in [5.74, 6) is 1.67. The van der Waals surface area contributed by atoms with Crippen LogP contribution >= 0.6 is 11.6 Å². The molecule has 4 aromatic rings. The molecule has 1 aliphatic heterocycles. The second kappa shape index (κ2) is 10.9. The molecule has 0 radical (unpaired) electrons. The zero-order chi connectivity index (χ0) is 27.6. The van der Waals surface area contributed by atoms with Crippen LogP contribution in [0.1, 0.15) is 25.3 Å². The fourth-order valence-electron chi connectivity index (χ4n) is 3.75. The standard InChI is InChI=1S/C25H25ClN6O6S/c1-15(2)17-5-7-21(27-11-17)39(33,34)31-23-22(16-4-6-19-20(10-16)38-14-37-19)24(30-32(23)3)35-8-9-36-25-28-12-18(26)13-29-25/h4-7,10-13,15,31H,8-9,14H2,1-3H3. The third kappa shape index (κ3) is 5.83. The molecule has 0 fully saturated rings. The molecule has 0 amide bonds. The van der Waals surface area contributed by atoms with Crippen molar-refractivity contribution in [3.8, 4) is 34.5 Å². The number of aryl methyl sites for hydroxylation is 1. The van der Waals surface area contributed by atoms with Crippen molar-refractivity contribution >= 4 is 27.4 Å². The molecule has 0 saturated heterocycles. The van der Waals surface area contributed by atoms with Gasteiger partial charge in [-0.1, -0.05) is 37.6 Å². The summed E-state index contributed by atoms with van der Waals surface area (Å²) in [6, 6.07) is 8.60. The molecule has 1 aromatic carbocycles. The summed E-state index contributed by atoms with van der Waals surface area (Å²) < 4.78 is 53.0. The van der Waals surface area contributed by atoms with E-state index >= 15 is 0 Å². The summed E-state index contributed by atoms with van der Waals surface area (Å²) in [6.45, 7) is 4.28. The van der Waals surface area contributed by atoms with E-state index in [0.717, 1.165) is 5.56 Å². The van der Waals surface area contributed by atoms with Crippen molar-refractivity contribution in [1.82, 2.24) is 24.7 Å². The van der Waals surface area contributed by atoms with Crippen LogP contribution in [0.4, 0.5) is 5.82 Å². The van der Waals surface area contributed by atoms with Crippen LogP contribution in [-0.4, -0.2) is 53.2 Å². The summed E-state index contributed by atoms with van der Waals surface area (Å²) in [5, 5.41) is 4.69. The highest BCUT2D eigenvalue weighted by Gasteiger charge is 2.27. The van der Waals surface area contributed by atoms with E-state index in [-0.39, 0.29) is 48.7 Å². The number of anilines is 1. The number of rotatable bonds is 10. The van der Waals surface area contributed by atoms with Crippen molar-refractivity contribution < 1.29 is 27.4 Å². The van der Waals surface area contributed by atoms with Crippen LogP contribution in [-0.2, 0) is 17.1 Å². The Morgan fingerprint density at radius 3 is 2.49 bits per heavy atom. The number of nitrogens with zero attached hydrogens (tertiary/aromatic N) is 5. The maximum absolute atomic E-state index is 13.3. The van der Waals surface area contributed by atoms with Gasteiger partial charge in [-0.2, -0.15) is 8.42 Å². The van der Waals surface area contributed by atoms with Gasteiger partial charge in [0, 0.05) is 13.2 Å². The quantitative estimate of drug-likeness (QED) is 0.277. The number of halogens is 1. The lowest BCUT2D eigenvalue weighted by Gasteiger charge is -2.12. The van der Waals surface area contributed by atoms with Crippen molar-refractivity contribution in [3.05, 3.63) is 59.5 Å². The van der Waals surface area contributed by atoms with Gasteiger partial charge < -0.3 is 18.9 Å². The van der Waals surface area contributed by atoms with E-state index < -0.39 is 10.0 Å². The summed E-state index contributed by atoms with van der Waals surface area (Å²) in [7, 11) is -2.45. The summed E-state index contributed by atoms with van der Waals surface area (Å²) >= 11 is 5.80. The fraction of sp³-hybridized carbons (Fsp3) is 0.280. The number of benzene rings is 1. The van der Waals surface area contributed by atoms with Crippen molar-refractivity contribution in [3.63, 3.8) is 0 Å². The molecule has 0 bridgehead atoms. The van der Waals surface area contributed by atoms with Crippen LogP contribution in [0.2, 0.25) is 5.02 Å². The topological polar surface area (TPSA) is 140 Å². The summed E-state index contributed by atoms with van der Waals surface area (Å²) in [4.78, 5) is 12.1. The van der Waals surface area contributed by atoms with Crippen LogP contribution in [0.3, 0.4) is 0 Å². The Labute approximate surface area is 229 Å². The molecular weight excluding hydrogens is 548 g/mol. The minimum Gasteiger partial charge on any atom is -0.472 e. The lowest BCUT2D eigenvalue weighted by molar-refractivity contribution is 0.174. The number of hydrogen-bond donors (Lipinski definition) is 1. The van der Waals surface area contributed by atoms with E-state index in [1.165, 1.54) is 23.1 Å². The minimum atomic E-state index is -4.06. The minimum absolute atomic E-state index is 0.0744. The predicted octanol–water partition coefficient (Wildman–Crippen LogP) is 4.04. The number of aromatic nitrogens is 5. The molecule has 14 heteroatoms. The monoisotopic (exact) mass is 572 g/mol. The van der Waals surface area contributed by atoms with E-state index in [1.807, 2.05) is 13.8 Å². The molecule has 1 N–H and O–H groups in total. The SMILES string of the molecule is CC(C)c1ccc(S(=O)(=O)Nc2c(-c3ccc4c(c3)OCO4)c(OCCOc3ncc(Cl)cn3)nn2C)nc1. The lowest BCUT2D eigenvalue weighted by atomic mass is 10.1. The molecule has 0 unspecified atom stereocenters. The maximum Gasteiger partial charge on any atom is 0.316 e. The molecule has 5 rings (SSSR count).